The topological polar surface area (TPSA) is 97.4 Å². The highest BCUT2D eigenvalue weighted by molar-refractivity contribution is 6.30. The summed E-state index contributed by atoms with van der Waals surface area (Å²) < 4.78 is 45.5. The maximum atomic E-state index is 13.6. The van der Waals surface area contributed by atoms with Crippen molar-refractivity contribution in [1.82, 2.24) is 10.3 Å². The average Bonchev–Trinajstić information content (AvgIpc) is 2.97. The molecule has 1 heterocycles. The zero-order chi connectivity index (χ0) is 31.1. The number of ether oxygens (including phenoxy) is 1. The predicted molar refractivity (Wildman–Crippen MR) is 158 cm³/mol. The summed E-state index contributed by atoms with van der Waals surface area (Å²) in [4.78, 5) is 41.2. The first-order valence-corrected chi connectivity index (χ1v) is 13.6. The van der Waals surface area contributed by atoms with Gasteiger partial charge in [0.2, 0.25) is 0 Å². The molecule has 1 aromatic heterocycles. The lowest BCUT2D eigenvalue weighted by molar-refractivity contribution is -0.143. The first-order chi connectivity index (χ1) is 20.5. The number of hydrogen-bond acceptors (Lipinski definition) is 5. The molecule has 222 valence electrons. The van der Waals surface area contributed by atoms with Crippen LogP contribution < -0.4 is 10.6 Å². The SMILES string of the molecule is CCOC(=O)CCNC(=O)c1ccc(-c2cc(C(F)(F)F)ccc2C(=O)Nc2ccc(-c3ccc(Cl)cc3C)cc2)cn1. The molecule has 0 saturated carbocycles. The third-order valence-corrected chi connectivity index (χ3v) is 6.70. The van der Waals surface area contributed by atoms with E-state index >= 15 is 0 Å². The Labute approximate surface area is 251 Å². The van der Waals surface area contributed by atoms with Crippen molar-refractivity contribution >= 4 is 35.1 Å². The third kappa shape index (κ3) is 7.98. The van der Waals surface area contributed by atoms with Crippen LogP contribution in [-0.4, -0.2) is 35.9 Å². The molecule has 0 aliphatic carbocycles. The number of alkyl halides is 3. The number of amides is 2. The zero-order valence-electron chi connectivity index (χ0n) is 23.2. The Morgan fingerprint density at radius 3 is 2.23 bits per heavy atom. The molecule has 0 saturated heterocycles. The number of benzene rings is 3. The lowest BCUT2D eigenvalue weighted by Gasteiger charge is -2.15. The summed E-state index contributed by atoms with van der Waals surface area (Å²) in [6.07, 6.45) is -3.45. The normalized spacial score (nSPS) is 11.1. The summed E-state index contributed by atoms with van der Waals surface area (Å²) in [5.74, 6) is -1.66. The van der Waals surface area contributed by atoms with E-state index in [4.69, 9.17) is 16.3 Å². The Morgan fingerprint density at radius 1 is 0.884 bits per heavy atom. The van der Waals surface area contributed by atoms with Crippen molar-refractivity contribution in [2.24, 2.45) is 0 Å². The van der Waals surface area contributed by atoms with E-state index in [-0.39, 0.29) is 42.0 Å². The van der Waals surface area contributed by atoms with Crippen molar-refractivity contribution in [3.63, 3.8) is 0 Å². The van der Waals surface area contributed by atoms with Crippen molar-refractivity contribution in [2.45, 2.75) is 26.4 Å². The molecular formula is C32H27ClF3N3O4. The van der Waals surface area contributed by atoms with E-state index in [9.17, 15) is 27.6 Å². The molecule has 4 aromatic rings. The van der Waals surface area contributed by atoms with E-state index in [0.29, 0.717) is 10.7 Å². The number of aryl methyl sites for hydroxylation is 1. The van der Waals surface area contributed by atoms with Gasteiger partial charge in [0.25, 0.3) is 11.8 Å². The monoisotopic (exact) mass is 609 g/mol. The number of carbonyl (C=O) groups is 3. The summed E-state index contributed by atoms with van der Waals surface area (Å²) in [7, 11) is 0. The molecule has 3 aromatic carbocycles. The Bertz CT molecular complexity index is 1640. The zero-order valence-corrected chi connectivity index (χ0v) is 24.0. The van der Waals surface area contributed by atoms with Gasteiger partial charge in [0, 0.05) is 34.6 Å². The van der Waals surface area contributed by atoms with Crippen LogP contribution in [0, 0.1) is 6.92 Å². The molecule has 4 rings (SSSR count). The highest BCUT2D eigenvalue weighted by Crippen LogP contribution is 2.34. The molecule has 0 aliphatic rings. The highest BCUT2D eigenvalue weighted by atomic mass is 35.5. The second-order valence-electron chi connectivity index (χ2n) is 9.49. The van der Waals surface area contributed by atoms with Gasteiger partial charge in [-0.05, 0) is 84.6 Å². The Morgan fingerprint density at radius 2 is 1.60 bits per heavy atom. The van der Waals surface area contributed by atoms with Crippen LogP contribution in [0.15, 0.2) is 79.0 Å². The summed E-state index contributed by atoms with van der Waals surface area (Å²) >= 11 is 6.05. The number of nitrogens with zero attached hydrogens (tertiary/aromatic N) is 1. The minimum absolute atomic E-state index is 0.0116. The van der Waals surface area contributed by atoms with Gasteiger partial charge >= 0.3 is 12.1 Å². The van der Waals surface area contributed by atoms with Crippen LogP contribution in [0.5, 0.6) is 0 Å². The molecule has 0 bridgehead atoms. The molecule has 0 fully saturated rings. The van der Waals surface area contributed by atoms with Gasteiger partial charge in [0.1, 0.15) is 5.69 Å². The molecule has 43 heavy (non-hydrogen) atoms. The molecule has 2 N–H and O–H groups in total. The summed E-state index contributed by atoms with van der Waals surface area (Å²) in [5.41, 5.74) is 2.51. The van der Waals surface area contributed by atoms with E-state index in [1.54, 1.807) is 25.1 Å². The van der Waals surface area contributed by atoms with Crippen LogP contribution in [0.4, 0.5) is 18.9 Å². The van der Waals surface area contributed by atoms with Gasteiger partial charge in [0.15, 0.2) is 0 Å². The van der Waals surface area contributed by atoms with Gasteiger partial charge in [-0.15, -0.1) is 0 Å². The largest absolute Gasteiger partial charge is 0.466 e. The molecule has 2 amide bonds. The predicted octanol–water partition coefficient (Wildman–Crippen LogP) is 7.33. The maximum absolute atomic E-state index is 13.6. The van der Waals surface area contributed by atoms with Crippen LogP contribution in [0.2, 0.25) is 5.02 Å². The quantitative estimate of drug-likeness (QED) is 0.194. The minimum atomic E-state index is -4.65. The number of hydrogen-bond donors (Lipinski definition) is 2. The van der Waals surface area contributed by atoms with Crippen LogP contribution in [0.25, 0.3) is 22.3 Å². The number of anilines is 1. The molecular weight excluding hydrogens is 583 g/mol. The van der Waals surface area contributed by atoms with E-state index in [0.717, 1.165) is 34.9 Å². The smallest absolute Gasteiger partial charge is 0.416 e. The summed E-state index contributed by atoms with van der Waals surface area (Å²) in [6.45, 7) is 3.85. The van der Waals surface area contributed by atoms with Crippen molar-refractivity contribution < 1.29 is 32.3 Å². The van der Waals surface area contributed by atoms with E-state index < -0.39 is 29.5 Å². The molecule has 0 atom stereocenters. The molecule has 0 aliphatic heterocycles. The fraction of sp³-hybridized carbons (Fsp3) is 0.188. The number of carbonyl (C=O) groups excluding carboxylic acids is 3. The van der Waals surface area contributed by atoms with Gasteiger partial charge in [0.05, 0.1) is 18.6 Å². The molecule has 0 spiro atoms. The van der Waals surface area contributed by atoms with Gasteiger partial charge in [-0.3, -0.25) is 19.4 Å². The molecule has 0 radical (unpaired) electrons. The third-order valence-electron chi connectivity index (χ3n) is 6.46. The molecule has 0 unspecified atom stereocenters. The van der Waals surface area contributed by atoms with Crippen LogP contribution in [-0.2, 0) is 15.7 Å². The van der Waals surface area contributed by atoms with Crippen LogP contribution in [0.1, 0.15) is 45.3 Å². The fourth-order valence-electron chi connectivity index (χ4n) is 4.33. The van der Waals surface area contributed by atoms with Gasteiger partial charge in [-0.1, -0.05) is 35.9 Å². The number of aromatic nitrogens is 1. The average molecular weight is 610 g/mol. The molecule has 7 nitrogen and oxygen atoms in total. The number of rotatable bonds is 9. The van der Waals surface area contributed by atoms with E-state index in [1.807, 2.05) is 31.2 Å². The lowest BCUT2D eigenvalue weighted by atomic mass is 9.97. The Kier molecular flexibility index (Phi) is 9.82. The fourth-order valence-corrected chi connectivity index (χ4v) is 4.56. The van der Waals surface area contributed by atoms with Gasteiger partial charge in [-0.25, -0.2) is 0 Å². The van der Waals surface area contributed by atoms with Crippen molar-refractivity contribution in [2.75, 3.05) is 18.5 Å². The number of nitrogens with one attached hydrogen (secondary N) is 2. The number of pyridine rings is 1. The first kappa shape index (κ1) is 31.2. The maximum Gasteiger partial charge on any atom is 0.416 e. The Balaban J connectivity index is 1.55. The standard InChI is InChI=1S/C32H27ClF3N3O4/c1-3-43-29(40)14-15-37-31(42)28-13-6-21(18-38-28)27-17-22(32(34,35)36)7-11-26(27)30(41)39-24-9-4-20(5-10-24)25-12-8-23(33)16-19(25)2/h4-13,16-18H,3,14-15H2,1-2H3,(H,37,42)(H,39,41). The van der Waals surface area contributed by atoms with E-state index in [2.05, 4.69) is 15.6 Å². The molecule has 11 heteroatoms. The highest BCUT2D eigenvalue weighted by Gasteiger charge is 2.32. The Hall–Kier alpha value is -4.70. The van der Waals surface area contributed by atoms with E-state index in [1.165, 1.54) is 18.3 Å². The van der Waals surface area contributed by atoms with Crippen molar-refractivity contribution in [3.8, 4) is 22.3 Å². The van der Waals surface area contributed by atoms with Crippen LogP contribution in [0.3, 0.4) is 0 Å². The van der Waals surface area contributed by atoms with Gasteiger partial charge in [-0.2, -0.15) is 13.2 Å². The van der Waals surface area contributed by atoms with Crippen LogP contribution >= 0.6 is 11.6 Å². The summed E-state index contributed by atoms with van der Waals surface area (Å²) in [6, 6.07) is 18.1. The number of esters is 1. The van der Waals surface area contributed by atoms with Crippen molar-refractivity contribution in [1.29, 1.82) is 0 Å². The summed E-state index contributed by atoms with van der Waals surface area (Å²) in [5, 5.41) is 5.89. The van der Waals surface area contributed by atoms with Crippen molar-refractivity contribution in [3.05, 3.63) is 106 Å². The van der Waals surface area contributed by atoms with Gasteiger partial charge < -0.3 is 15.4 Å². The lowest BCUT2D eigenvalue weighted by Crippen LogP contribution is -2.27. The minimum Gasteiger partial charge on any atom is -0.466 e. The number of halogens is 4. The first-order valence-electron chi connectivity index (χ1n) is 13.3. The second-order valence-corrected chi connectivity index (χ2v) is 9.93. The second kappa shape index (κ2) is 13.5.